The van der Waals surface area contributed by atoms with E-state index in [0.717, 1.165) is 42.9 Å². The monoisotopic (exact) mass is 414 g/mol. The van der Waals surface area contributed by atoms with E-state index in [1.807, 2.05) is 48.5 Å². The molecular formula is C22H27ClN4O2. The SMILES string of the molecule is CCc1ccccc1OC(c1ccccc1)c1nc(C2CNCCN2C)no1.Cl. The highest BCUT2D eigenvalue weighted by Crippen LogP contribution is 2.31. The molecule has 0 saturated carbocycles. The van der Waals surface area contributed by atoms with E-state index >= 15 is 0 Å². The number of ether oxygens (including phenoxy) is 1. The Morgan fingerprint density at radius 1 is 1.17 bits per heavy atom. The molecule has 2 unspecified atom stereocenters. The largest absolute Gasteiger partial charge is 0.476 e. The maximum Gasteiger partial charge on any atom is 0.272 e. The zero-order chi connectivity index (χ0) is 19.3. The standard InChI is InChI=1S/C22H26N4O2.ClH/c1-3-16-9-7-8-12-19(16)27-20(17-10-5-4-6-11-17)22-24-21(25-28-22)18-15-23-13-14-26(18)2;/h4-12,18,20,23H,3,13-15H2,1-2H3;1H. The first-order valence-corrected chi connectivity index (χ1v) is 9.80. The van der Waals surface area contributed by atoms with E-state index in [1.54, 1.807) is 0 Å². The Labute approximate surface area is 177 Å². The summed E-state index contributed by atoms with van der Waals surface area (Å²) >= 11 is 0. The van der Waals surface area contributed by atoms with Crippen molar-refractivity contribution in [1.82, 2.24) is 20.4 Å². The lowest BCUT2D eigenvalue weighted by Crippen LogP contribution is -2.44. The molecule has 154 valence electrons. The summed E-state index contributed by atoms with van der Waals surface area (Å²) < 4.78 is 12.1. The zero-order valence-electron chi connectivity index (χ0n) is 16.7. The van der Waals surface area contributed by atoms with Crippen LogP contribution < -0.4 is 10.1 Å². The fraction of sp³-hybridized carbons (Fsp3) is 0.364. The van der Waals surface area contributed by atoms with Gasteiger partial charge in [0.15, 0.2) is 5.82 Å². The van der Waals surface area contributed by atoms with Gasteiger partial charge in [-0.15, -0.1) is 12.4 Å². The summed E-state index contributed by atoms with van der Waals surface area (Å²) in [5.74, 6) is 2.01. The topological polar surface area (TPSA) is 63.4 Å². The molecule has 1 aliphatic rings. The van der Waals surface area contributed by atoms with Crippen molar-refractivity contribution in [2.45, 2.75) is 25.5 Å². The van der Waals surface area contributed by atoms with Crippen LogP contribution in [-0.2, 0) is 6.42 Å². The Bertz CT molecular complexity index is 903. The van der Waals surface area contributed by atoms with Crippen molar-refractivity contribution in [3.8, 4) is 5.75 Å². The molecule has 6 nitrogen and oxygen atoms in total. The number of piperazine rings is 1. The summed E-state index contributed by atoms with van der Waals surface area (Å²) in [6, 6.07) is 18.2. The molecule has 1 fully saturated rings. The van der Waals surface area contributed by atoms with Gasteiger partial charge in [0.2, 0.25) is 6.10 Å². The molecule has 1 N–H and O–H groups in total. The number of likely N-dealkylation sites (N-methyl/N-ethyl adjacent to an activating group) is 1. The van der Waals surface area contributed by atoms with Crippen molar-refractivity contribution >= 4 is 12.4 Å². The quantitative estimate of drug-likeness (QED) is 0.662. The van der Waals surface area contributed by atoms with Crippen LogP contribution in [0.5, 0.6) is 5.75 Å². The lowest BCUT2D eigenvalue weighted by atomic mass is 10.1. The third kappa shape index (κ3) is 4.78. The average Bonchev–Trinajstić information content (AvgIpc) is 3.23. The molecule has 1 saturated heterocycles. The molecule has 0 aliphatic carbocycles. The number of hydrogen-bond donors (Lipinski definition) is 1. The van der Waals surface area contributed by atoms with Gasteiger partial charge in [-0.3, -0.25) is 4.90 Å². The van der Waals surface area contributed by atoms with E-state index in [0.29, 0.717) is 11.7 Å². The second-order valence-corrected chi connectivity index (χ2v) is 7.06. The van der Waals surface area contributed by atoms with Gasteiger partial charge in [0.1, 0.15) is 5.75 Å². The molecule has 0 bridgehead atoms. The van der Waals surface area contributed by atoms with Crippen LogP contribution in [0, 0.1) is 0 Å². The van der Waals surface area contributed by atoms with E-state index in [4.69, 9.17) is 14.2 Å². The summed E-state index contributed by atoms with van der Waals surface area (Å²) in [6.07, 6.45) is 0.447. The summed E-state index contributed by atoms with van der Waals surface area (Å²) in [5, 5.41) is 7.67. The Balaban J connectivity index is 0.00000240. The zero-order valence-corrected chi connectivity index (χ0v) is 17.6. The van der Waals surface area contributed by atoms with E-state index < -0.39 is 6.10 Å². The van der Waals surface area contributed by atoms with Crippen molar-refractivity contribution in [1.29, 1.82) is 0 Å². The van der Waals surface area contributed by atoms with Crippen molar-refractivity contribution < 1.29 is 9.26 Å². The van der Waals surface area contributed by atoms with Crippen LogP contribution in [0.3, 0.4) is 0 Å². The lowest BCUT2D eigenvalue weighted by molar-refractivity contribution is 0.184. The second-order valence-electron chi connectivity index (χ2n) is 7.06. The highest BCUT2D eigenvalue weighted by atomic mass is 35.5. The minimum absolute atomic E-state index is 0. The molecule has 0 amide bonds. The Hall–Kier alpha value is -2.41. The number of nitrogens with zero attached hydrogens (tertiary/aromatic N) is 3. The van der Waals surface area contributed by atoms with Crippen LogP contribution in [-0.4, -0.2) is 41.7 Å². The maximum absolute atomic E-state index is 6.41. The maximum atomic E-state index is 6.41. The third-order valence-corrected chi connectivity index (χ3v) is 5.19. The van der Waals surface area contributed by atoms with Gasteiger partial charge in [-0.05, 0) is 25.1 Å². The first-order chi connectivity index (χ1) is 13.8. The van der Waals surface area contributed by atoms with E-state index in [9.17, 15) is 0 Å². The number of para-hydroxylation sites is 1. The molecule has 1 aliphatic heterocycles. The smallest absolute Gasteiger partial charge is 0.272 e. The summed E-state index contributed by atoms with van der Waals surface area (Å²) in [5.41, 5.74) is 2.14. The highest BCUT2D eigenvalue weighted by Gasteiger charge is 2.29. The summed E-state index contributed by atoms with van der Waals surface area (Å²) in [6.45, 7) is 4.86. The van der Waals surface area contributed by atoms with Crippen LogP contribution in [0.15, 0.2) is 59.1 Å². The van der Waals surface area contributed by atoms with Gasteiger partial charge in [-0.1, -0.05) is 60.6 Å². The van der Waals surface area contributed by atoms with Crippen molar-refractivity contribution in [3.63, 3.8) is 0 Å². The average molecular weight is 415 g/mol. The predicted octanol–water partition coefficient (Wildman–Crippen LogP) is 3.80. The lowest BCUT2D eigenvalue weighted by Gasteiger charge is -2.30. The van der Waals surface area contributed by atoms with E-state index in [-0.39, 0.29) is 18.4 Å². The summed E-state index contributed by atoms with van der Waals surface area (Å²) in [7, 11) is 2.09. The van der Waals surface area contributed by atoms with Crippen molar-refractivity contribution in [2.75, 3.05) is 26.7 Å². The minimum atomic E-state index is -0.447. The van der Waals surface area contributed by atoms with E-state index in [2.05, 4.69) is 35.4 Å². The van der Waals surface area contributed by atoms with Crippen LogP contribution >= 0.6 is 12.4 Å². The number of aryl methyl sites for hydroxylation is 1. The van der Waals surface area contributed by atoms with Crippen LogP contribution in [0.4, 0.5) is 0 Å². The number of nitrogens with one attached hydrogen (secondary N) is 1. The van der Waals surface area contributed by atoms with Crippen LogP contribution in [0.1, 0.15) is 41.9 Å². The van der Waals surface area contributed by atoms with Crippen LogP contribution in [0.2, 0.25) is 0 Å². The third-order valence-electron chi connectivity index (χ3n) is 5.19. The molecule has 3 aromatic rings. The normalized spacial score (nSPS) is 18.1. The molecule has 29 heavy (non-hydrogen) atoms. The minimum Gasteiger partial charge on any atom is -0.476 e. The molecule has 1 aromatic heterocycles. The molecule has 2 aromatic carbocycles. The van der Waals surface area contributed by atoms with Crippen molar-refractivity contribution in [2.24, 2.45) is 0 Å². The molecule has 0 radical (unpaired) electrons. The Morgan fingerprint density at radius 2 is 1.93 bits per heavy atom. The van der Waals surface area contributed by atoms with Crippen LogP contribution in [0.25, 0.3) is 0 Å². The fourth-order valence-corrected chi connectivity index (χ4v) is 3.51. The van der Waals surface area contributed by atoms with Crippen molar-refractivity contribution in [3.05, 3.63) is 77.4 Å². The van der Waals surface area contributed by atoms with E-state index in [1.165, 1.54) is 0 Å². The first kappa shape index (κ1) is 21.3. The second kappa shape index (κ2) is 9.87. The number of hydrogen-bond acceptors (Lipinski definition) is 6. The number of aromatic nitrogens is 2. The molecule has 2 atom stereocenters. The van der Waals surface area contributed by atoms with Gasteiger partial charge < -0.3 is 14.6 Å². The fourth-order valence-electron chi connectivity index (χ4n) is 3.51. The molecule has 2 heterocycles. The molecule has 0 spiro atoms. The van der Waals surface area contributed by atoms with Gasteiger partial charge in [0, 0.05) is 25.2 Å². The predicted molar refractivity (Wildman–Crippen MR) is 115 cm³/mol. The first-order valence-electron chi connectivity index (χ1n) is 9.80. The number of halogens is 1. The number of benzene rings is 2. The Morgan fingerprint density at radius 3 is 2.69 bits per heavy atom. The van der Waals surface area contributed by atoms with Gasteiger partial charge in [-0.25, -0.2) is 0 Å². The van der Waals surface area contributed by atoms with Gasteiger partial charge in [-0.2, -0.15) is 4.98 Å². The number of rotatable bonds is 6. The molecular weight excluding hydrogens is 388 g/mol. The highest BCUT2D eigenvalue weighted by molar-refractivity contribution is 5.85. The summed E-state index contributed by atoms with van der Waals surface area (Å²) in [4.78, 5) is 6.97. The van der Waals surface area contributed by atoms with Gasteiger partial charge in [0.05, 0.1) is 6.04 Å². The Kier molecular flexibility index (Phi) is 7.25. The van der Waals surface area contributed by atoms with Gasteiger partial charge >= 0.3 is 0 Å². The van der Waals surface area contributed by atoms with Gasteiger partial charge in [0.25, 0.3) is 5.89 Å². The molecule has 4 rings (SSSR count). The molecule has 7 heteroatoms.